The lowest BCUT2D eigenvalue weighted by atomic mass is 10.3. The Kier molecular flexibility index (Phi) is 7.22. The van der Waals surface area contributed by atoms with Crippen LogP contribution in [0.1, 0.15) is 29.1 Å². The predicted molar refractivity (Wildman–Crippen MR) is 75.9 cm³/mol. The van der Waals surface area contributed by atoms with E-state index in [-0.39, 0.29) is 10.4 Å². The molecule has 1 heterocycles. The van der Waals surface area contributed by atoms with Crippen molar-refractivity contribution in [2.45, 2.75) is 20.5 Å². The third-order valence-electron chi connectivity index (χ3n) is 2.08. The maximum absolute atomic E-state index is 12.1. The van der Waals surface area contributed by atoms with Crippen LogP contribution >= 0.6 is 33.3 Å². The molecule has 110 valence electrons. The lowest BCUT2D eigenvalue weighted by molar-refractivity contribution is -0.0524. The first-order valence-corrected chi connectivity index (χ1v) is 8.39. The first-order valence-electron chi connectivity index (χ1n) is 5.51. The zero-order valence-electron chi connectivity index (χ0n) is 10.6. The van der Waals surface area contributed by atoms with E-state index >= 15 is 0 Å². The number of nitrogens with zero attached hydrogens (tertiary/aromatic N) is 3. The Labute approximate surface area is 127 Å². The molecule has 20 heavy (non-hydrogen) atoms. The molecule has 10 heteroatoms. The summed E-state index contributed by atoms with van der Waals surface area (Å²) in [6.07, 6.45) is 0. The highest BCUT2D eigenvalue weighted by Gasteiger charge is 2.24. The van der Waals surface area contributed by atoms with Crippen molar-refractivity contribution in [3.63, 3.8) is 0 Å². The quantitative estimate of drug-likeness (QED) is 0.557. The van der Waals surface area contributed by atoms with Crippen LogP contribution in [-0.4, -0.2) is 33.5 Å². The van der Waals surface area contributed by atoms with Crippen LogP contribution in [0.4, 0.5) is 8.78 Å². The van der Waals surface area contributed by atoms with Crippen molar-refractivity contribution < 1.29 is 18.3 Å². The normalized spacial score (nSPS) is 10.8. The maximum Gasteiger partial charge on any atom is 0.388 e. The van der Waals surface area contributed by atoms with E-state index in [2.05, 4.69) is 9.11 Å². The summed E-state index contributed by atoms with van der Waals surface area (Å²) < 4.78 is 33.9. The standard InChI is InChI=1S/C10H11F2N3O2S3/c1-3-15(4-2)20-19-9(16)7-6(5-13)8(14-18-7)17-10(11)12/h10H,3-4H2,1-2H3. The fourth-order valence-corrected chi connectivity index (χ4v) is 4.10. The van der Waals surface area contributed by atoms with Gasteiger partial charge in [-0.1, -0.05) is 13.8 Å². The minimum absolute atomic E-state index is 0.0211. The summed E-state index contributed by atoms with van der Waals surface area (Å²) >= 11 is 0.685. The van der Waals surface area contributed by atoms with E-state index in [1.165, 1.54) is 11.0 Å². The van der Waals surface area contributed by atoms with E-state index < -0.39 is 17.6 Å². The molecule has 0 unspecified atom stereocenters. The van der Waals surface area contributed by atoms with Gasteiger partial charge in [0, 0.05) is 23.9 Å². The van der Waals surface area contributed by atoms with Crippen LogP contribution in [-0.2, 0) is 0 Å². The lowest BCUT2D eigenvalue weighted by Crippen LogP contribution is -2.12. The molecule has 0 saturated heterocycles. The van der Waals surface area contributed by atoms with Crippen LogP contribution in [0.15, 0.2) is 0 Å². The molecule has 1 rings (SSSR count). The fourth-order valence-electron chi connectivity index (χ4n) is 1.13. The summed E-state index contributed by atoms with van der Waals surface area (Å²) in [5.74, 6) is -0.496. The number of aromatic nitrogens is 1. The first-order chi connectivity index (χ1) is 9.53. The van der Waals surface area contributed by atoms with Crippen molar-refractivity contribution >= 4 is 38.4 Å². The summed E-state index contributed by atoms with van der Waals surface area (Å²) in [5.41, 5.74) is -0.243. The molecule has 0 radical (unpaired) electrons. The van der Waals surface area contributed by atoms with Gasteiger partial charge in [0.1, 0.15) is 16.5 Å². The van der Waals surface area contributed by atoms with Crippen molar-refractivity contribution in [1.82, 2.24) is 8.68 Å². The van der Waals surface area contributed by atoms with E-state index in [0.717, 1.165) is 23.9 Å². The van der Waals surface area contributed by atoms with Gasteiger partial charge in [-0.2, -0.15) is 18.4 Å². The van der Waals surface area contributed by atoms with Gasteiger partial charge in [-0.25, -0.2) is 4.31 Å². The van der Waals surface area contributed by atoms with Crippen LogP contribution in [0.3, 0.4) is 0 Å². The van der Waals surface area contributed by atoms with Gasteiger partial charge >= 0.3 is 6.61 Å². The Balaban J connectivity index is 2.78. The highest BCUT2D eigenvalue weighted by Crippen LogP contribution is 2.34. The molecule has 0 aliphatic carbocycles. The van der Waals surface area contributed by atoms with Crippen molar-refractivity contribution in [3.8, 4) is 11.9 Å². The molecule has 0 aromatic carbocycles. The molecule has 0 atom stereocenters. The minimum atomic E-state index is -3.08. The molecule has 0 amide bonds. The van der Waals surface area contributed by atoms with E-state index in [0.29, 0.717) is 11.5 Å². The second-order valence-corrected chi connectivity index (χ2v) is 6.17. The van der Waals surface area contributed by atoms with E-state index in [4.69, 9.17) is 5.26 Å². The SMILES string of the molecule is CCN(CC)SSC(=O)c1snc(OC(F)F)c1C#N. The smallest absolute Gasteiger partial charge is 0.388 e. The van der Waals surface area contributed by atoms with Gasteiger partial charge < -0.3 is 4.74 Å². The van der Waals surface area contributed by atoms with Crippen LogP contribution in [0.5, 0.6) is 5.88 Å². The van der Waals surface area contributed by atoms with E-state index in [1.807, 2.05) is 18.2 Å². The van der Waals surface area contributed by atoms with E-state index in [9.17, 15) is 13.6 Å². The number of carbonyl (C=O) groups is 1. The number of alkyl halides is 2. The number of rotatable bonds is 7. The van der Waals surface area contributed by atoms with Gasteiger partial charge in [0.25, 0.3) is 0 Å². The third kappa shape index (κ3) is 4.59. The molecular formula is C10H11F2N3O2S3. The second-order valence-electron chi connectivity index (χ2n) is 3.24. The zero-order chi connectivity index (χ0) is 15.1. The molecular weight excluding hydrogens is 328 g/mol. The van der Waals surface area contributed by atoms with Crippen LogP contribution in [0.2, 0.25) is 0 Å². The molecule has 1 aromatic heterocycles. The van der Waals surface area contributed by atoms with Crippen LogP contribution in [0, 0.1) is 11.3 Å². The van der Waals surface area contributed by atoms with Crippen molar-refractivity contribution in [2.75, 3.05) is 13.1 Å². The Hall–Kier alpha value is -0.890. The van der Waals surface area contributed by atoms with Gasteiger partial charge in [-0.05, 0) is 22.5 Å². The molecule has 0 saturated carbocycles. The van der Waals surface area contributed by atoms with Gasteiger partial charge in [0.15, 0.2) is 0 Å². The fraction of sp³-hybridized carbons (Fsp3) is 0.500. The number of hydrogen-bond donors (Lipinski definition) is 0. The number of nitriles is 1. The summed E-state index contributed by atoms with van der Waals surface area (Å²) in [5, 5.41) is 8.53. The highest BCUT2D eigenvalue weighted by molar-refractivity contribution is 8.81. The van der Waals surface area contributed by atoms with Crippen molar-refractivity contribution in [3.05, 3.63) is 10.4 Å². The summed E-state index contributed by atoms with van der Waals surface area (Å²) in [6, 6.07) is 1.68. The third-order valence-corrected chi connectivity index (χ3v) is 5.51. The topological polar surface area (TPSA) is 66.2 Å². The molecule has 1 aromatic rings. The van der Waals surface area contributed by atoms with Crippen molar-refractivity contribution in [2.24, 2.45) is 0 Å². The molecule has 0 N–H and O–H groups in total. The van der Waals surface area contributed by atoms with Gasteiger partial charge in [-0.15, -0.1) is 0 Å². The number of hydrogen-bond acceptors (Lipinski definition) is 8. The number of carbonyl (C=O) groups excluding carboxylic acids is 1. The second kappa shape index (κ2) is 8.41. The monoisotopic (exact) mass is 339 g/mol. The lowest BCUT2D eigenvalue weighted by Gasteiger charge is -2.14. The molecule has 0 aliphatic rings. The molecule has 0 aliphatic heterocycles. The maximum atomic E-state index is 12.1. The Morgan fingerprint density at radius 1 is 1.55 bits per heavy atom. The molecule has 0 bridgehead atoms. The first kappa shape index (κ1) is 17.2. The van der Waals surface area contributed by atoms with Gasteiger partial charge in [0.2, 0.25) is 11.0 Å². The Bertz CT molecular complexity index is 500. The number of ether oxygens (including phenoxy) is 1. The Morgan fingerprint density at radius 3 is 2.70 bits per heavy atom. The minimum Gasteiger partial charge on any atom is -0.415 e. The van der Waals surface area contributed by atoms with Crippen LogP contribution in [0.25, 0.3) is 0 Å². The highest BCUT2D eigenvalue weighted by atomic mass is 33.1. The Morgan fingerprint density at radius 2 is 2.20 bits per heavy atom. The average molecular weight is 339 g/mol. The molecule has 0 spiro atoms. The zero-order valence-corrected chi connectivity index (χ0v) is 13.1. The molecule has 0 fully saturated rings. The average Bonchev–Trinajstić information content (AvgIpc) is 2.81. The number of halogens is 2. The summed E-state index contributed by atoms with van der Waals surface area (Å²) in [4.78, 5) is 12.0. The summed E-state index contributed by atoms with van der Waals surface area (Å²) in [7, 11) is 2.18. The van der Waals surface area contributed by atoms with Gasteiger partial charge in [0.05, 0.1) is 0 Å². The van der Waals surface area contributed by atoms with E-state index in [1.54, 1.807) is 6.07 Å². The summed E-state index contributed by atoms with van der Waals surface area (Å²) in [6.45, 7) is 2.33. The molecule has 5 nitrogen and oxygen atoms in total. The predicted octanol–water partition coefficient (Wildman–Crippen LogP) is 3.39. The van der Waals surface area contributed by atoms with Crippen LogP contribution < -0.4 is 4.74 Å². The van der Waals surface area contributed by atoms with Gasteiger partial charge in [-0.3, -0.25) is 4.79 Å². The van der Waals surface area contributed by atoms with Crippen molar-refractivity contribution in [1.29, 1.82) is 5.26 Å². The largest absolute Gasteiger partial charge is 0.415 e.